The van der Waals surface area contributed by atoms with Crippen LogP contribution in [0.2, 0.25) is 0 Å². The highest BCUT2D eigenvalue weighted by Crippen LogP contribution is 2.24. The van der Waals surface area contributed by atoms with Gasteiger partial charge in [-0.05, 0) is 26.7 Å². The highest BCUT2D eigenvalue weighted by Gasteiger charge is 2.22. The summed E-state index contributed by atoms with van der Waals surface area (Å²) in [6, 6.07) is 0.436. The summed E-state index contributed by atoms with van der Waals surface area (Å²) in [5.41, 5.74) is 1.29. The molecular weight excluding hydrogens is 218 g/mol. The maximum absolute atomic E-state index is 11.8. The van der Waals surface area contributed by atoms with Crippen molar-refractivity contribution in [3.05, 3.63) is 11.3 Å². The fourth-order valence-corrected chi connectivity index (χ4v) is 2.25. The Labute approximate surface area is 101 Å². The van der Waals surface area contributed by atoms with E-state index in [4.69, 9.17) is 4.74 Å². The van der Waals surface area contributed by atoms with Gasteiger partial charge in [0, 0.05) is 11.7 Å². The third kappa shape index (κ3) is 2.60. The Balaban J connectivity index is 2.13. The van der Waals surface area contributed by atoms with Gasteiger partial charge in [0.2, 0.25) is 0 Å². The van der Waals surface area contributed by atoms with Crippen molar-refractivity contribution < 1.29 is 9.53 Å². The molecule has 94 valence electrons. The average Bonchev–Trinajstić information content (AvgIpc) is 2.90. The second-order valence-electron chi connectivity index (χ2n) is 4.42. The van der Waals surface area contributed by atoms with Gasteiger partial charge in [0.25, 0.3) is 0 Å². The second-order valence-corrected chi connectivity index (χ2v) is 4.42. The fourth-order valence-electron chi connectivity index (χ4n) is 2.25. The maximum Gasteiger partial charge on any atom is 0.343 e. The van der Waals surface area contributed by atoms with E-state index >= 15 is 0 Å². The lowest BCUT2D eigenvalue weighted by Gasteiger charge is -2.12. The number of nitrogens with one attached hydrogen (secondary N) is 2. The molecule has 1 saturated carbocycles. The van der Waals surface area contributed by atoms with E-state index in [1.807, 2.05) is 6.92 Å². The molecule has 5 heteroatoms. The van der Waals surface area contributed by atoms with Gasteiger partial charge in [-0.15, -0.1) is 0 Å². The number of carbonyl (C=O) groups excluding carboxylic acids is 1. The van der Waals surface area contributed by atoms with Gasteiger partial charge >= 0.3 is 5.97 Å². The third-order valence-corrected chi connectivity index (χ3v) is 3.12. The number of anilines is 1. The van der Waals surface area contributed by atoms with Crippen LogP contribution in [0.3, 0.4) is 0 Å². The number of nitrogens with zero attached hydrogens (tertiary/aromatic N) is 1. The molecule has 1 aromatic heterocycles. The summed E-state index contributed by atoms with van der Waals surface area (Å²) in [4.78, 5) is 11.8. The van der Waals surface area contributed by atoms with Crippen LogP contribution in [-0.4, -0.2) is 28.8 Å². The number of hydrogen-bond acceptors (Lipinski definition) is 4. The Morgan fingerprint density at radius 3 is 2.88 bits per heavy atom. The second kappa shape index (κ2) is 5.21. The van der Waals surface area contributed by atoms with Crippen molar-refractivity contribution in [1.29, 1.82) is 0 Å². The summed E-state index contributed by atoms with van der Waals surface area (Å²) in [7, 11) is 0. The van der Waals surface area contributed by atoms with Crippen LogP contribution in [0.4, 0.5) is 5.82 Å². The SMILES string of the molecule is CCOC(=O)c1c(NC2CCCC2)n[nH]c1C. The molecule has 1 heterocycles. The van der Waals surface area contributed by atoms with Crippen LogP contribution in [0.15, 0.2) is 0 Å². The third-order valence-electron chi connectivity index (χ3n) is 3.12. The minimum Gasteiger partial charge on any atom is -0.462 e. The van der Waals surface area contributed by atoms with Crippen LogP contribution in [0.1, 0.15) is 48.7 Å². The van der Waals surface area contributed by atoms with E-state index < -0.39 is 0 Å². The number of aromatic nitrogens is 2. The van der Waals surface area contributed by atoms with E-state index in [0.29, 0.717) is 24.0 Å². The van der Waals surface area contributed by atoms with Gasteiger partial charge in [-0.25, -0.2) is 4.79 Å². The molecule has 0 radical (unpaired) electrons. The number of rotatable bonds is 4. The largest absolute Gasteiger partial charge is 0.462 e. The summed E-state index contributed by atoms with van der Waals surface area (Å²) in [5, 5.41) is 10.3. The van der Waals surface area contributed by atoms with Gasteiger partial charge in [-0.2, -0.15) is 5.10 Å². The summed E-state index contributed by atoms with van der Waals surface area (Å²) in [5.74, 6) is 0.326. The molecule has 0 aliphatic heterocycles. The summed E-state index contributed by atoms with van der Waals surface area (Å²) < 4.78 is 5.03. The molecule has 0 atom stereocenters. The van der Waals surface area contributed by atoms with Crippen molar-refractivity contribution in [2.75, 3.05) is 11.9 Å². The molecule has 1 aromatic rings. The van der Waals surface area contributed by atoms with Gasteiger partial charge in [-0.3, -0.25) is 5.10 Å². The van der Waals surface area contributed by atoms with Crippen molar-refractivity contribution in [2.45, 2.75) is 45.6 Å². The average molecular weight is 237 g/mol. The molecule has 0 bridgehead atoms. The first-order valence-electron chi connectivity index (χ1n) is 6.21. The molecule has 5 nitrogen and oxygen atoms in total. The molecule has 0 spiro atoms. The van der Waals surface area contributed by atoms with Gasteiger partial charge in [-0.1, -0.05) is 12.8 Å². The molecule has 2 rings (SSSR count). The fraction of sp³-hybridized carbons (Fsp3) is 0.667. The Morgan fingerprint density at radius 1 is 1.53 bits per heavy atom. The zero-order valence-electron chi connectivity index (χ0n) is 10.4. The smallest absolute Gasteiger partial charge is 0.343 e. The highest BCUT2D eigenvalue weighted by molar-refractivity contribution is 5.95. The Morgan fingerprint density at radius 2 is 2.24 bits per heavy atom. The van der Waals surface area contributed by atoms with E-state index in [-0.39, 0.29) is 5.97 Å². The summed E-state index contributed by atoms with van der Waals surface area (Å²) in [6.45, 7) is 4.02. The van der Waals surface area contributed by atoms with E-state index in [1.165, 1.54) is 12.8 Å². The first-order chi connectivity index (χ1) is 8.22. The minimum atomic E-state index is -0.306. The van der Waals surface area contributed by atoms with Crippen LogP contribution in [0.25, 0.3) is 0 Å². The highest BCUT2D eigenvalue weighted by atomic mass is 16.5. The van der Waals surface area contributed by atoms with Gasteiger partial charge < -0.3 is 10.1 Å². The van der Waals surface area contributed by atoms with Gasteiger partial charge in [0.1, 0.15) is 5.56 Å². The van der Waals surface area contributed by atoms with Crippen LogP contribution >= 0.6 is 0 Å². The van der Waals surface area contributed by atoms with Crippen LogP contribution < -0.4 is 5.32 Å². The molecule has 2 N–H and O–H groups in total. The number of ether oxygens (including phenoxy) is 1. The van der Waals surface area contributed by atoms with Crippen LogP contribution in [0.5, 0.6) is 0 Å². The van der Waals surface area contributed by atoms with E-state index in [9.17, 15) is 4.79 Å². The zero-order chi connectivity index (χ0) is 12.3. The Hall–Kier alpha value is -1.52. The van der Waals surface area contributed by atoms with E-state index in [0.717, 1.165) is 18.5 Å². The monoisotopic (exact) mass is 237 g/mol. The molecule has 0 saturated heterocycles. The lowest BCUT2D eigenvalue weighted by molar-refractivity contribution is 0.0526. The van der Waals surface area contributed by atoms with Crippen molar-refractivity contribution in [2.24, 2.45) is 0 Å². The quantitative estimate of drug-likeness (QED) is 0.788. The predicted molar refractivity (Wildman–Crippen MR) is 65.2 cm³/mol. The minimum absolute atomic E-state index is 0.306. The lowest BCUT2D eigenvalue weighted by Crippen LogP contribution is -2.17. The molecule has 1 aliphatic rings. The molecule has 17 heavy (non-hydrogen) atoms. The molecule has 1 fully saturated rings. The van der Waals surface area contributed by atoms with Crippen LogP contribution in [0, 0.1) is 6.92 Å². The zero-order valence-corrected chi connectivity index (χ0v) is 10.4. The number of esters is 1. The molecule has 1 aliphatic carbocycles. The van der Waals surface area contributed by atoms with Crippen molar-refractivity contribution in [1.82, 2.24) is 10.2 Å². The van der Waals surface area contributed by atoms with Crippen molar-refractivity contribution >= 4 is 11.8 Å². The van der Waals surface area contributed by atoms with Gasteiger partial charge in [0.15, 0.2) is 5.82 Å². The number of carbonyl (C=O) groups is 1. The first-order valence-corrected chi connectivity index (χ1v) is 6.21. The standard InChI is InChI=1S/C12H19N3O2/c1-3-17-12(16)10-8(2)14-15-11(10)13-9-6-4-5-7-9/h9H,3-7H2,1-2H3,(H2,13,14,15). The topological polar surface area (TPSA) is 67.0 Å². The van der Waals surface area contributed by atoms with Crippen molar-refractivity contribution in [3.63, 3.8) is 0 Å². The number of H-pyrrole nitrogens is 1. The summed E-state index contributed by atoms with van der Waals surface area (Å²) >= 11 is 0. The van der Waals surface area contributed by atoms with E-state index in [1.54, 1.807) is 6.92 Å². The predicted octanol–water partition coefficient (Wildman–Crippen LogP) is 2.25. The molecule has 0 aromatic carbocycles. The van der Waals surface area contributed by atoms with E-state index in [2.05, 4.69) is 15.5 Å². The molecule has 0 unspecified atom stereocenters. The van der Waals surface area contributed by atoms with Gasteiger partial charge in [0.05, 0.1) is 6.61 Å². The normalized spacial score (nSPS) is 16.1. The van der Waals surface area contributed by atoms with Crippen LogP contribution in [-0.2, 0) is 4.74 Å². The lowest BCUT2D eigenvalue weighted by atomic mass is 10.2. The first kappa shape index (κ1) is 12.0. The van der Waals surface area contributed by atoms with Crippen molar-refractivity contribution in [3.8, 4) is 0 Å². The maximum atomic E-state index is 11.8. The molecule has 0 amide bonds. The number of hydrogen-bond donors (Lipinski definition) is 2. The summed E-state index contributed by atoms with van der Waals surface area (Å²) in [6.07, 6.45) is 4.79. The molecular formula is C12H19N3O2. The number of aromatic amines is 1. The Kier molecular flexibility index (Phi) is 3.66. The number of aryl methyl sites for hydroxylation is 1. The Bertz CT molecular complexity index is 394.